The number of carbonyl (C=O) groups is 1. The predicted molar refractivity (Wildman–Crippen MR) is 110 cm³/mol. The molecular weight excluding hydrogens is 348 g/mol. The normalized spacial score (nSPS) is 19.2. The highest BCUT2D eigenvalue weighted by Crippen LogP contribution is 2.24. The van der Waals surface area contributed by atoms with Gasteiger partial charge in [0.05, 0.1) is 7.11 Å². The zero-order chi connectivity index (χ0) is 18.2. The van der Waals surface area contributed by atoms with Crippen LogP contribution < -0.4 is 10.1 Å². The number of nitrogens with one attached hydrogen (secondary N) is 1. The van der Waals surface area contributed by atoms with Crippen LogP contribution in [0, 0.1) is 11.8 Å². The lowest BCUT2D eigenvalue weighted by molar-refractivity contribution is -0.134. The number of methoxy groups -OCH3 is 1. The summed E-state index contributed by atoms with van der Waals surface area (Å²) in [6.07, 6.45) is 4.01. The van der Waals surface area contributed by atoms with Crippen LogP contribution in [0.25, 0.3) is 0 Å². The first-order chi connectivity index (χ1) is 12.0. The minimum absolute atomic E-state index is 0. The number of ether oxygens (including phenoxy) is 1. The smallest absolute Gasteiger partial charge is 0.223 e. The van der Waals surface area contributed by atoms with Crippen LogP contribution in [-0.2, 0) is 11.2 Å². The molecule has 0 aliphatic carbocycles. The van der Waals surface area contributed by atoms with Crippen LogP contribution in [0.3, 0.4) is 0 Å². The first-order valence-corrected chi connectivity index (χ1v) is 9.68. The molecule has 3 unspecified atom stereocenters. The zero-order valence-corrected chi connectivity index (χ0v) is 17.5. The van der Waals surface area contributed by atoms with Gasteiger partial charge in [0.2, 0.25) is 5.91 Å². The van der Waals surface area contributed by atoms with Gasteiger partial charge in [-0.05, 0) is 75.7 Å². The molecule has 3 atom stereocenters. The molecule has 0 aromatic heterocycles. The number of piperidine rings is 1. The van der Waals surface area contributed by atoms with Crippen molar-refractivity contribution in [2.24, 2.45) is 11.8 Å². The Bertz CT molecular complexity index is 529. The summed E-state index contributed by atoms with van der Waals surface area (Å²) >= 11 is 0. The summed E-state index contributed by atoms with van der Waals surface area (Å²) in [5, 5.41) is 3.46. The molecular formula is C21H35ClN2O2. The number of benzene rings is 1. The molecule has 26 heavy (non-hydrogen) atoms. The second-order valence-corrected chi connectivity index (χ2v) is 7.37. The first kappa shape index (κ1) is 22.8. The third kappa shape index (κ3) is 6.48. The van der Waals surface area contributed by atoms with E-state index in [1.54, 1.807) is 7.11 Å². The molecule has 1 amide bonds. The SMILES string of the molecule is CCN(C(=O)CC(C)C1CCCNC1)C(C)Cc1ccc(OC)cc1.Cl. The molecule has 0 saturated carbocycles. The average Bonchev–Trinajstić information content (AvgIpc) is 2.63. The van der Waals surface area contributed by atoms with Gasteiger partial charge in [-0.1, -0.05) is 19.1 Å². The highest BCUT2D eigenvalue weighted by molar-refractivity contribution is 5.85. The van der Waals surface area contributed by atoms with Crippen molar-refractivity contribution in [3.8, 4) is 5.75 Å². The number of hydrogen-bond acceptors (Lipinski definition) is 3. The fraction of sp³-hybridized carbons (Fsp3) is 0.667. The van der Waals surface area contributed by atoms with E-state index in [2.05, 4.69) is 38.2 Å². The Morgan fingerprint density at radius 3 is 2.54 bits per heavy atom. The molecule has 0 spiro atoms. The van der Waals surface area contributed by atoms with Crippen LogP contribution in [0.5, 0.6) is 5.75 Å². The van der Waals surface area contributed by atoms with Crippen LogP contribution in [0.15, 0.2) is 24.3 Å². The van der Waals surface area contributed by atoms with Gasteiger partial charge in [0.15, 0.2) is 0 Å². The van der Waals surface area contributed by atoms with E-state index in [-0.39, 0.29) is 18.4 Å². The van der Waals surface area contributed by atoms with Crippen molar-refractivity contribution in [1.82, 2.24) is 10.2 Å². The molecule has 1 aromatic carbocycles. The van der Waals surface area contributed by atoms with Gasteiger partial charge in [0, 0.05) is 19.0 Å². The molecule has 1 aliphatic rings. The Labute approximate surface area is 165 Å². The fourth-order valence-corrected chi connectivity index (χ4v) is 3.87. The lowest BCUT2D eigenvalue weighted by Crippen LogP contribution is -2.42. The number of amides is 1. The summed E-state index contributed by atoms with van der Waals surface area (Å²) in [4.78, 5) is 14.9. The Kier molecular flexibility index (Phi) is 10.0. The summed E-state index contributed by atoms with van der Waals surface area (Å²) in [5.74, 6) is 2.24. The minimum Gasteiger partial charge on any atom is -0.497 e. The monoisotopic (exact) mass is 382 g/mol. The van der Waals surface area contributed by atoms with Crippen molar-refractivity contribution in [1.29, 1.82) is 0 Å². The number of nitrogens with zero attached hydrogens (tertiary/aromatic N) is 1. The summed E-state index contributed by atoms with van der Waals surface area (Å²) in [5.41, 5.74) is 1.24. The van der Waals surface area contributed by atoms with Crippen molar-refractivity contribution in [2.45, 2.75) is 52.5 Å². The Morgan fingerprint density at radius 2 is 2.00 bits per heavy atom. The number of likely N-dealkylation sites (N-methyl/N-ethyl adjacent to an activating group) is 1. The van der Waals surface area contributed by atoms with E-state index in [9.17, 15) is 4.79 Å². The molecule has 2 rings (SSSR count). The Hall–Kier alpha value is -1.26. The first-order valence-electron chi connectivity index (χ1n) is 9.68. The second-order valence-electron chi connectivity index (χ2n) is 7.37. The summed E-state index contributed by atoms with van der Waals surface area (Å²) < 4.78 is 5.21. The van der Waals surface area contributed by atoms with Crippen molar-refractivity contribution in [2.75, 3.05) is 26.7 Å². The van der Waals surface area contributed by atoms with Gasteiger partial charge in [0.25, 0.3) is 0 Å². The highest BCUT2D eigenvalue weighted by atomic mass is 35.5. The second kappa shape index (κ2) is 11.5. The maximum atomic E-state index is 12.8. The van der Waals surface area contributed by atoms with E-state index in [1.807, 2.05) is 17.0 Å². The third-order valence-corrected chi connectivity index (χ3v) is 5.52. The van der Waals surface area contributed by atoms with Gasteiger partial charge < -0.3 is 15.0 Å². The quantitative estimate of drug-likeness (QED) is 0.740. The van der Waals surface area contributed by atoms with Gasteiger partial charge in [-0.25, -0.2) is 0 Å². The predicted octanol–water partition coefficient (Wildman–Crippen LogP) is 3.92. The largest absolute Gasteiger partial charge is 0.497 e. The zero-order valence-electron chi connectivity index (χ0n) is 16.7. The van der Waals surface area contributed by atoms with Crippen molar-refractivity contribution in [3.05, 3.63) is 29.8 Å². The van der Waals surface area contributed by atoms with Crippen LogP contribution in [-0.4, -0.2) is 43.6 Å². The summed E-state index contributed by atoms with van der Waals surface area (Å²) in [7, 11) is 1.68. The Balaban J connectivity index is 0.00000338. The molecule has 1 N–H and O–H groups in total. The number of rotatable bonds is 8. The van der Waals surface area contributed by atoms with Gasteiger partial charge in [-0.3, -0.25) is 4.79 Å². The standard InChI is InChI=1S/C21H34N2O2.ClH/c1-5-23(17(3)14-18-8-10-20(25-4)11-9-18)21(24)13-16(2)19-7-6-12-22-15-19;/h8-11,16-17,19,22H,5-7,12-15H2,1-4H3;1H. The lowest BCUT2D eigenvalue weighted by atomic mass is 9.85. The maximum Gasteiger partial charge on any atom is 0.223 e. The van der Waals surface area contributed by atoms with Gasteiger partial charge >= 0.3 is 0 Å². The minimum atomic E-state index is 0. The van der Waals surface area contributed by atoms with Crippen LogP contribution in [0.2, 0.25) is 0 Å². The van der Waals surface area contributed by atoms with Gasteiger partial charge in [-0.2, -0.15) is 0 Å². The molecule has 0 radical (unpaired) electrons. The average molecular weight is 383 g/mol. The maximum absolute atomic E-state index is 12.8. The van der Waals surface area contributed by atoms with Crippen molar-refractivity contribution in [3.63, 3.8) is 0 Å². The van der Waals surface area contributed by atoms with E-state index < -0.39 is 0 Å². The summed E-state index contributed by atoms with van der Waals surface area (Å²) in [6, 6.07) is 8.35. The van der Waals surface area contributed by atoms with Crippen molar-refractivity contribution >= 4 is 18.3 Å². The van der Waals surface area contributed by atoms with Gasteiger partial charge in [0.1, 0.15) is 5.75 Å². The topological polar surface area (TPSA) is 41.6 Å². The number of carbonyl (C=O) groups excluding carboxylic acids is 1. The van der Waals surface area contributed by atoms with Crippen LogP contribution in [0.1, 0.15) is 45.6 Å². The van der Waals surface area contributed by atoms with Crippen LogP contribution in [0.4, 0.5) is 0 Å². The molecule has 5 heteroatoms. The third-order valence-electron chi connectivity index (χ3n) is 5.52. The molecule has 148 valence electrons. The van der Waals surface area contributed by atoms with E-state index in [4.69, 9.17) is 4.74 Å². The molecule has 1 saturated heterocycles. The van der Waals surface area contributed by atoms with E-state index in [0.717, 1.165) is 31.8 Å². The summed E-state index contributed by atoms with van der Waals surface area (Å²) in [6.45, 7) is 9.41. The van der Waals surface area contributed by atoms with E-state index in [0.29, 0.717) is 24.2 Å². The fourth-order valence-electron chi connectivity index (χ4n) is 3.87. The molecule has 1 aliphatic heterocycles. The van der Waals surface area contributed by atoms with Crippen LogP contribution >= 0.6 is 12.4 Å². The molecule has 1 fully saturated rings. The molecule has 4 nitrogen and oxygen atoms in total. The highest BCUT2D eigenvalue weighted by Gasteiger charge is 2.25. The lowest BCUT2D eigenvalue weighted by Gasteiger charge is -2.32. The van der Waals surface area contributed by atoms with Crippen molar-refractivity contribution < 1.29 is 9.53 Å². The van der Waals surface area contributed by atoms with E-state index >= 15 is 0 Å². The Morgan fingerprint density at radius 1 is 1.31 bits per heavy atom. The molecule has 0 bridgehead atoms. The molecule has 1 aromatic rings. The number of halogens is 1. The van der Waals surface area contributed by atoms with Gasteiger partial charge in [-0.15, -0.1) is 12.4 Å². The number of hydrogen-bond donors (Lipinski definition) is 1. The van der Waals surface area contributed by atoms with E-state index in [1.165, 1.54) is 18.4 Å². The molecule has 1 heterocycles.